The van der Waals surface area contributed by atoms with Crippen LogP contribution < -0.4 is 10.2 Å². The summed E-state index contributed by atoms with van der Waals surface area (Å²) < 4.78 is 40.8. The number of nitrogens with one attached hydrogen (secondary N) is 2. The molecule has 6 nitrogen and oxygen atoms in total. The molecule has 142 valence electrons. The maximum atomic E-state index is 13.6. The minimum atomic E-state index is -4.52. The molecule has 1 aliphatic rings. The molecule has 9 heteroatoms. The Kier molecular flexibility index (Phi) is 4.47. The highest BCUT2D eigenvalue weighted by molar-refractivity contribution is 5.90. The van der Waals surface area contributed by atoms with Gasteiger partial charge in [0.25, 0.3) is 0 Å². The first-order chi connectivity index (χ1) is 13.0. The van der Waals surface area contributed by atoms with Crippen molar-refractivity contribution in [2.24, 2.45) is 0 Å². The molecule has 2 N–H and O–H groups in total. The fourth-order valence-electron chi connectivity index (χ4n) is 3.47. The van der Waals surface area contributed by atoms with Gasteiger partial charge in [-0.15, -0.1) is 0 Å². The molecule has 0 atom stereocenters. The van der Waals surface area contributed by atoms with Gasteiger partial charge in [-0.25, -0.2) is 9.97 Å². The Morgan fingerprint density at radius 2 is 1.93 bits per heavy atom. The number of nitrogens with zero attached hydrogens (tertiary/aromatic N) is 4. The Hall–Kier alpha value is -2.68. The molecule has 1 fully saturated rings. The summed E-state index contributed by atoms with van der Waals surface area (Å²) in [5.74, 6) is 0.535. The van der Waals surface area contributed by atoms with Gasteiger partial charge in [-0.05, 0) is 44.2 Å². The molecule has 0 amide bonds. The van der Waals surface area contributed by atoms with Crippen molar-refractivity contribution in [3.8, 4) is 11.4 Å². The number of hydrogen-bond donors (Lipinski definition) is 2. The number of fused-ring (bicyclic) bond motifs is 1. The van der Waals surface area contributed by atoms with Gasteiger partial charge in [0.05, 0.1) is 5.56 Å². The van der Waals surface area contributed by atoms with Crippen LogP contribution in [-0.4, -0.2) is 46.3 Å². The molecular weight excluding hydrogens is 357 g/mol. The van der Waals surface area contributed by atoms with Crippen LogP contribution in [0.4, 0.5) is 19.0 Å². The van der Waals surface area contributed by atoms with Crippen molar-refractivity contribution < 1.29 is 13.2 Å². The summed E-state index contributed by atoms with van der Waals surface area (Å²) in [7, 11) is 1.92. The van der Waals surface area contributed by atoms with Crippen molar-refractivity contribution in [1.82, 2.24) is 25.5 Å². The summed E-state index contributed by atoms with van der Waals surface area (Å²) in [6.45, 7) is 1.48. The standard InChI is InChI=1S/C18H19F3N6/c1-22-11-6-9-27(10-7-11)14-5-4-13(18(19,20)21)16(24-14)15-12-3-2-8-23-17(12)26-25-15/h2-5,8,11,22H,6-7,9-10H2,1H3,(H,23,25,26). The zero-order valence-electron chi connectivity index (χ0n) is 14.7. The van der Waals surface area contributed by atoms with Crippen LogP contribution in [0, 0.1) is 0 Å². The van der Waals surface area contributed by atoms with Crippen molar-refractivity contribution in [2.45, 2.75) is 25.1 Å². The van der Waals surface area contributed by atoms with Gasteiger partial charge in [-0.1, -0.05) is 0 Å². The van der Waals surface area contributed by atoms with E-state index in [4.69, 9.17) is 0 Å². The number of aromatic amines is 1. The van der Waals surface area contributed by atoms with E-state index >= 15 is 0 Å². The average molecular weight is 376 g/mol. The van der Waals surface area contributed by atoms with Gasteiger partial charge in [-0.3, -0.25) is 5.10 Å². The zero-order valence-corrected chi connectivity index (χ0v) is 14.7. The molecule has 3 aromatic rings. The Balaban J connectivity index is 1.79. The molecule has 0 unspecified atom stereocenters. The average Bonchev–Trinajstić information content (AvgIpc) is 3.11. The van der Waals surface area contributed by atoms with Crippen LogP contribution in [0.5, 0.6) is 0 Å². The lowest BCUT2D eigenvalue weighted by molar-refractivity contribution is -0.137. The van der Waals surface area contributed by atoms with Crippen LogP contribution in [0.3, 0.4) is 0 Å². The van der Waals surface area contributed by atoms with Gasteiger partial charge in [0.2, 0.25) is 0 Å². The predicted octanol–water partition coefficient (Wildman–Crippen LogP) is 3.23. The highest BCUT2D eigenvalue weighted by atomic mass is 19.4. The second-order valence-corrected chi connectivity index (χ2v) is 6.59. The lowest BCUT2D eigenvalue weighted by Gasteiger charge is -2.33. The minimum absolute atomic E-state index is 0.164. The molecule has 27 heavy (non-hydrogen) atoms. The highest BCUT2D eigenvalue weighted by Gasteiger charge is 2.36. The quantitative estimate of drug-likeness (QED) is 0.735. The van der Waals surface area contributed by atoms with Gasteiger partial charge in [0.15, 0.2) is 5.65 Å². The SMILES string of the molecule is CNC1CCN(c2ccc(C(F)(F)F)c(-c3n[nH]c4ncccc34)n2)CC1. The second-order valence-electron chi connectivity index (χ2n) is 6.59. The molecule has 1 aliphatic heterocycles. The number of hydrogen-bond acceptors (Lipinski definition) is 5. The van der Waals surface area contributed by atoms with E-state index in [-0.39, 0.29) is 11.4 Å². The van der Waals surface area contributed by atoms with E-state index in [0.29, 0.717) is 22.9 Å². The van der Waals surface area contributed by atoms with E-state index in [1.54, 1.807) is 18.3 Å². The van der Waals surface area contributed by atoms with Crippen molar-refractivity contribution >= 4 is 16.9 Å². The second kappa shape index (κ2) is 6.80. The van der Waals surface area contributed by atoms with E-state index in [1.165, 1.54) is 6.07 Å². The Morgan fingerprint density at radius 1 is 1.15 bits per heavy atom. The van der Waals surface area contributed by atoms with Gasteiger partial charge in [-0.2, -0.15) is 18.3 Å². The number of piperidine rings is 1. The molecule has 0 aliphatic carbocycles. The summed E-state index contributed by atoms with van der Waals surface area (Å²) in [4.78, 5) is 10.5. The molecule has 0 saturated carbocycles. The lowest BCUT2D eigenvalue weighted by Crippen LogP contribution is -2.41. The number of aromatic nitrogens is 4. The van der Waals surface area contributed by atoms with Gasteiger partial charge < -0.3 is 10.2 Å². The van der Waals surface area contributed by atoms with Gasteiger partial charge in [0, 0.05) is 30.7 Å². The maximum absolute atomic E-state index is 13.6. The Labute approximate surface area is 153 Å². The summed E-state index contributed by atoms with van der Waals surface area (Å²) in [5.41, 5.74) is -0.372. The fraction of sp³-hybridized carbons (Fsp3) is 0.389. The summed E-state index contributed by atoms with van der Waals surface area (Å²) in [5, 5.41) is 10.5. The third-order valence-corrected chi connectivity index (χ3v) is 4.97. The van der Waals surface area contributed by atoms with Crippen LogP contribution in [0.25, 0.3) is 22.4 Å². The predicted molar refractivity (Wildman–Crippen MR) is 96.4 cm³/mol. The third-order valence-electron chi connectivity index (χ3n) is 4.97. The van der Waals surface area contributed by atoms with Gasteiger partial charge in [0.1, 0.15) is 17.2 Å². The first-order valence-corrected chi connectivity index (χ1v) is 8.77. The van der Waals surface area contributed by atoms with Crippen molar-refractivity contribution in [3.63, 3.8) is 0 Å². The van der Waals surface area contributed by atoms with Crippen LogP contribution in [0.2, 0.25) is 0 Å². The monoisotopic (exact) mass is 376 g/mol. The zero-order chi connectivity index (χ0) is 19.0. The molecule has 1 saturated heterocycles. The Morgan fingerprint density at radius 3 is 2.63 bits per heavy atom. The van der Waals surface area contributed by atoms with E-state index in [0.717, 1.165) is 32.0 Å². The normalized spacial score (nSPS) is 16.2. The van der Waals surface area contributed by atoms with Crippen LogP contribution in [0.1, 0.15) is 18.4 Å². The highest BCUT2D eigenvalue weighted by Crippen LogP contribution is 2.38. The van der Waals surface area contributed by atoms with Gasteiger partial charge >= 0.3 is 6.18 Å². The Bertz CT molecular complexity index is 944. The van der Waals surface area contributed by atoms with Crippen LogP contribution in [0.15, 0.2) is 30.5 Å². The summed E-state index contributed by atoms with van der Waals surface area (Å²) in [6, 6.07) is 6.32. The fourth-order valence-corrected chi connectivity index (χ4v) is 3.47. The lowest BCUT2D eigenvalue weighted by atomic mass is 10.0. The van der Waals surface area contributed by atoms with Crippen molar-refractivity contribution in [1.29, 1.82) is 0 Å². The molecule has 0 bridgehead atoms. The molecule has 0 aromatic carbocycles. The third kappa shape index (κ3) is 3.34. The van der Waals surface area contributed by atoms with Crippen LogP contribution >= 0.6 is 0 Å². The van der Waals surface area contributed by atoms with E-state index in [9.17, 15) is 13.2 Å². The maximum Gasteiger partial charge on any atom is 0.418 e. The first kappa shape index (κ1) is 17.7. The van der Waals surface area contributed by atoms with E-state index in [2.05, 4.69) is 25.5 Å². The number of halogens is 3. The first-order valence-electron chi connectivity index (χ1n) is 8.77. The largest absolute Gasteiger partial charge is 0.418 e. The van der Waals surface area contributed by atoms with E-state index < -0.39 is 11.7 Å². The summed E-state index contributed by atoms with van der Waals surface area (Å²) >= 11 is 0. The molecule has 0 spiro atoms. The van der Waals surface area contributed by atoms with E-state index in [1.807, 2.05) is 11.9 Å². The van der Waals surface area contributed by atoms with Crippen molar-refractivity contribution in [3.05, 3.63) is 36.0 Å². The number of pyridine rings is 2. The molecule has 3 aromatic heterocycles. The molecule has 4 heterocycles. The number of alkyl halides is 3. The number of rotatable bonds is 3. The van der Waals surface area contributed by atoms with Crippen LogP contribution in [-0.2, 0) is 6.18 Å². The topological polar surface area (TPSA) is 69.7 Å². The molecule has 0 radical (unpaired) electrons. The number of H-pyrrole nitrogens is 1. The molecular formula is C18H19F3N6. The number of anilines is 1. The minimum Gasteiger partial charge on any atom is -0.356 e. The van der Waals surface area contributed by atoms with Crippen molar-refractivity contribution in [2.75, 3.05) is 25.0 Å². The summed E-state index contributed by atoms with van der Waals surface area (Å²) in [6.07, 6.45) is -1.12. The smallest absolute Gasteiger partial charge is 0.356 e. The molecule has 4 rings (SSSR count).